The van der Waals surface area contributed by atoms with Gasteiger partial charge in [0.25, 0.3) is 5.91 Å². The molecule has 0 spiro atoms. The van der Waals surface area contributed by atoms with Crippen molar-refractivity contribution in [2.24, 2.45) is 0 Å². The van der Waals surface area contributed by atoms with Crippen LogP contribution in [0, 0.1) is 0 Å². The maximum absolute atomic E-state index is 12.4. The van der Waals surface area contributed by atoms with E-state index in [1.165, 1.54) is 0 Å². The normalized spacial score (nSPS) is 15.1. The predicted octanol–water partition coefficient (Wildman–Crippen LogP) is 3.57. The lowest BCUT2D eigenvalue weighted by molar-refractivity contribution is 0.0162. The molecule has 3 rings (SSSR count). The molecule has 1 unspecified atom stereocenters. The van der Waals surface area contributed by atoms with Crippen molar-refractivity contribution in [1.82, 2.24) is 10.2 Å². The Balaban J connectivity index is 0.00000182. The van der Waals surface area contributed by atoms with E-state index in [-0.39, 0.29) is 36.8 Å². The van der Waals surface area contributed by atoms with Gasteiger partial charge in [0.1, 0.15) is 0 Å². The van der Waals surface area contributed by atoms with Crippen LogP contribution in [0.4, 0.5) is 5.69 Å². The van der Waals surface area contributed by atoms with Crippen LogP contribution in [0.25, 0.3) is 0 Å². The van der Waals surface area contributed by atoms with E-state index in [0.717, 1.165) is 18.7 Å². The molecular formula is C19H24Cl3N3O2. The summed E-state index contributed by atoms with van der Waals surface area (Å²) in [7, 11) is 0. The van der Waals surface area contributed by atoms with Gasteiger partial charge >= 0.3 is 0 Å². The van der Waals surface area contributed by atoms with Crippen LogP contribution in [0.2, 0.25) is 5.02 Å². The van der Waals surface area contributed by atoms with Crippen LogP contribution in [0.3, 0.4) is 0 Å². The van der Waals surface area contributed by atoms with Crippen molar-refractivity contribution in [3.63, 3.8) is 0 Å². The third-order valence-electron chi connectivity index (χ3n) is 4.35. The molecule has 148 valence electrons. The van der Waals surface area contributed by atoms with Crippen LogP contribution in [0.5, 0.6) is 0 Å². The molecule has 0 aliphatic carbocycles. The molecule has 1 fully saturated rings. The quantitative estimate of drug-likeness (QED) is 0.709. The van der Waals surface area contributed by atoms with Crippen molar-refractivity contribution in [3.05, 3.63) is 64.7 Å². The number of carbonyl (C=O) groups is 1. The van der Waals surface area contributed by atoms with E-state index >= 15 is 0 Å². The van der Waals surface area contributed by atoms with Gasteiger partial charge in [0.05, 0.1) is 19.3 Å². The fourth-order valence-electron chi connectivity index (χ4n) is 3.00. The number of rotatable bonds is 5. The predicted molar refractivity (Wildman–Crippen MR) is 114 cm³/mol. The monoisotopic (exact) mass is 431 g/mol. The number of ether oxygens (including phenoxy) is 1. The Kier molecular flexibility index (Phi) is 9.91. The van der Waals surface area contributed by atoms with Crippen molar-refractivity contribution in [1.29, 1.82) is 0 Å². The summed E-state index contributed by atoms with van der Waals surface area (Å²) < 4.78 is 5.45. The second kappa shape index (κ2) is 11.4. The number of nitrogen functional groups attached to an aromatic ring is 1. The minimum absolute atomic E-state index is 0. The molecule has 5 nitrogen and oxygen atoms in total. The zero-order chi connectivity index (χ0) is 17.6. The number of amides is 1. The molecule has 1 saturated heterocycles. The van der Waals surface area contributed by atoms with E-state index in [1.807, 2.05) is 24.3 Å². The van der Waals surface area contributed by atoms with Gasteiger partial charge < -0.3 is 15.8 Å². The highest BCUT2D eigenvalue weighted by atomic mass is 35.5. The summed E-state index contributed by atoms with van der Waals surface area (Å²) in [5.74, 6) is -0.125. The van der Waals surface area contributed by atoms with E-state index in [2.05, 4.69) is 10.2 Å². The number of hydrogen-bond acceptors (Lipinski definition) is 4. The number of nitrogens with two attached hydrogens (primary N) is 1. The van der Waals surface area contributed by atoms with Crippen LogP contribution in [-0.4, -0.2) is 43.7 Å². The summed E-state index contributed by atoms with van der Waals surface area (Å²) in [6, 6.07) is 14.8. The van der Waals surface area contributed by atoms with Gasteiger partial charge in [0.2, 0.25) is 0 Å². The summed E-state index contributed by atoms with van der Waals surface area (Å²) in [5, 5.41) is 3.73. The second-order valence-corrected chi connectivity index (χ2v) is 6.49. The fraction of sp³-hybridized carbons (Fsp3) is 0.316. The summed E-state index contributed by atoms with van der Waals surface area (Å²) in [4.78, 5) is 14.8. The summed E-state index contributed by atoms with van der Waals surface area (Å²) in [6.07, 6.45) is 0. The Morgan fingerprint density at radius 2 is 1.81 bits per heavy atom. The largest absolute Gasteiger partial charge is 0.399 e. The van der Waals surface area contributed by atoms with Gasteiger partial charge in [-0.2, -0.15) is 0 Å². The molecule has 1 aliphatic rings. The maximum Gasteiger partial charge on any atom is 0.251 e. The molecule has 0 saturated carbocycles. The highest BCUT2D eigenvalue weighted by molar-refractivity contribution is 6.30. The van der Waals surface area contributed by atoms with Gasteiger partial charge in [0, 0.05) is 35.9 Å². The molecule has 0 bridgehead atoms. The second-order valence-electron chi connectivity index (χ2n) is 6.05. The lowest BCUT2D eigenvalue weighted by Gasteiger charge is -2.35. The molecule has 0 aromatic heterocycles. The van der Waals surface area contributed by atoms with E-state index in [9.17, 15) is 4.79 Å². The topological polar surface area (TPSA) is 67.6 Å². The molecular weight excluding hydrogens is 409 g/mol. The molecule has 1 atom stereocenters. The van der Waals surface area contributed by atoms with Crippen LogP contribution in [0.1, 0.15) is 22.0 Å². The number of carbonyl (C=O) groups excluding carboxylic acids is 1. The minimum atomic E-state index is -0.125. The lowest BCUT2D eigenvalue weighted by Crippen LogP contribution is -2.43. The first-order chi connectivity index (χ1) is 12.1. The van der Waals surface area contributed by atoms with E-state index in [0.29, 0.717) is 36.0 Å². The zero-order valence-corrected chi connectivity index (χ0v) is 17.2. The first-order valence-electron chi connectivity index (χ1n) is 8.34. The highest BCUT2D eigenvalue weighted by Crippen LogP contribution is 2.23. The number of morpholine rings is 1. The van der Waals surface area contributed by atoms with Crippen LogP contribution < -0.4 is 11.1 Å². The highest BCUT2D eigenvalue weighted by Gasteiger charge is 2.23. The van der Waals surface area contributed by atoms with E-state index < -0.39 is 0 Å². The van der Waals surface area contributed by atoms with E-state index in [1.54, 1.807) is 24.3 Å². The Labute approximate surface area is 177 Å². The molecule has 27 heavy (non-hydrogen) atoms. The first-order valence-corrected chi connectivity index (χ1v) is 8.72. The van der Waals surface area contributed by atoms with Gasteiger partial charge in [-0.15, -0.1) is 24.8 Å². The average Bonchev–Trinajstić information content (AvgIpc) is 2.64. The molecule has 8 heteroatoms. The Bertz CT molecular complexity index is 722. The lowest BCUT2D eigenvalue weighted by atomic mass is 10.0. The number of halogens is 3. The molecule has 2 aromatic carbocycles. The smallest absolute Gasteiger partial charge is 0.251 e. The Hall–Kier alpha value is -1.50. The third kappa shape index (κ3) is 6.55. The summed E-state index contributed by atoms with van der Waals surface area (Å²) >= 11 is 6.01. The van der Waals surface area contributed by atoms with Crippen molar-refractivity contribution in [3.8, 4) is 0 Å². The van der Waals surface area contributed by atoms with Gasteiger partial charge in [-0.3, -0.25) is 9.69 Å². The average molecular weight is 433 g/mol. The Morgan fingerprint density at radius 3 is 2.44 bits per heavy atom. The minimum Gasteiger partial charge on any atom is -0.399 e. The summed E-state index contributed by atoms with van der Waals surface area (Å²) in [5.41, 5.74) is 8.03. The van der Waals surface area contributed by atoms with Crippen LogP contribution in [0.15, 0.2) is 48.5 Å². The number of anilines is 1. The zero-order valence-electron chi connectivity index (χ0n) is 14.8. The van der Waals surface area contributed by atoms with Crippen molar-refractivity contribution in [2.45, 2.75) is 6.04 Å². The number of benzene rings is 2. The summed E-state index contributed by atoms with van der Waals surface area (Å²) in [6.45, 7) is 3.58. The molecule has 1 aliphatic heterocycles. The Morgan fingerprint density at radius 1 is 1.15 bits per heavy atom. The van der Waals surface area contributed by atoms with Gasteiger partial charge in [0.15, 0.2) is 0 Å². The van der Waals surface area contributed by atoms with Gasteiger partial charge in [-0.25, -0.2) is 0 Å². The number of nitrogens with one attached hydrogen (secondary N) is 1. The van der Waals surface area contributed by atoms with Crippen molar-refractivity contribution in [2.75, 3.05) is 38.6 Å². The van der Waals surface area contributed by atoms with Crippen molar-refractivity contribution < 1.29 is 9.53 Å². The van der Waals surface area contributed by atoms with Crippen LogP contribution in [-0.2, 0) is 4.74 Å². The molecule has 1 heterocycles. The molecule has 1 amide bonds. The number of nitrogens with zero attached hydrogens (tertiary/aromatic N) is 1. The number of hydrogen-bond donors (Lipinski definition) is 2. The standard InChI is InChI=1S/C19H22ClN3O2.2ClH/c20-16-6-4-14(5-7-16)18(23-8-10-25-11-9-23)13-22-19(24)15-2-1-3-17(21)12-15;;/h1-7,12,18H,8-11,13,21H2,(H,22,24);2*1H. The molecule has 0 radical (unpaired) electrons. The molecule has 3 N–H and O–H groups in total. The third-order valence-corrected chi connectivity index (χ3v) is 4.60. The first kappa shape index (κ1) is 23.5. The maximum atomic E-state index is 12.4. The van der Waals surface area contributed by atoms with Crippen molar-refractivity contribution >= 4 is 48.0 Å². The van der Waals surface area contributed by atoms with Crippen LogP contribution >= 0.6 is 36.4 Å². The van der Waals surface area contributed by atoms with Gasteiger partial charge in [-0.1, -0.05) is 29.8 Å². The molecule has 2 aromatic rings. The fourth-order valence-corrected chi connectivity index (χ4v) is 3.13. The SMILES string of the molecule is Cl.Cl.Nc1cccc(C(=O)NCC(c2ccc(Cl)cc2)N2CCOCC2)c1. The van der Waals surface area contributed by atoms with Gasteiger partial charge in [-0.05, 0) is 35.9 Å². The van der Waals surface area contributed by atoms with E-state index in [4.69, 9.17) is 22.1 Å².